The van der Waals surface area contributed by atoms with Gasteiger partial charge in [0.2, 0.25) is 10.0 Å². The highest BCUT2D eigenvalue weighted by atomic mass is 35.5. The molecular formula is C9H14ClFN2O2S. The van der Waals surface area contributed by atoms with Gasteiger partial charge in [0.05, 0.1) is 4.90 Å². The number of nitrogens with two attached hydrogens (primary N) is 1. The molecule has 0 saturated heterocycles. The van der Waals surface area contributed by atoms with Crippen molar-refractivity contribution in [3.63, 3.8) is 0 Å². The Morgan fingerprint density at radius 1 is 1.38 bits per heavy atom. The van der Waals surface area contributed by atoms with Gasteiger partial charge in [0, 0.05) is 13.1 Å². The van der Waals surface area contributed by atoms with Crippen LogP contribution < -0.4 is 10.5 Å². The van der Waals surface area contributed by atoms with E-state index in [2.05, 4.69) is 4.72 Å². The Morgan fingerprint density at radius 3 is 2.50 bits per heavy atom. The summed E-state index contributed by atoms with van der Waals surface area (Å²) in [6, 6.07) is 3.65. The number of aryl methyl sites for hydroxylation is 1. The first-order valence-electron chi connectivity index (χ1n) is 4.42. The van der Waals surface area contributed by atoms with Gasteiger partial charge in [-0.05, 0) is 30.7 Å². The van der Waals surface area contributed by atoms with Crippen LogP contribution in [0.1, 0.15) is 5.56 Å². The van der Waals surface area contributed by atoms with Gasteiger partial charge in [0.25, 0.3) is 0 Å². The summed E-state index contributed by atoms with van der Waals surface area (Å²) in [4.78, 5) is -0.0755. The third-order valence-corrected chi connectivity index (χ3v) is 3.20. The van der Waals surface area contributed by atoms with E-state index in [0.717, 1.165) is 6.07 Å². The second kappa shape index (κ2) is 6.15. The maximum Gasteiger partial charge on any atom is 0.240 e. The van der Waals surface area contributed by atoms with Crippen LogP contribution in [0.25, 0.3) is 0 Å². The zero-order chi connectivity index (χ0) is 11.5. The van der Waals surface area contributed by atoms with Crippen LogP contribution in [0.3, 0.4) is 0 Å². The van der Waals surface area contributed by atoms with Crippen molar-refractivity contribution in [2.24, 2.45) is 5.73 Å². The second-order valence-electron chi connectivity index (χ2n) is 3.15. The molecule has 0 spiro atoms. The van der Waals surface area contributed by atoms with E-state index in [9.17, 15) is 12.8 Å². The molecular weight excluding hydrogens is 255 g/mol. The maximum absolute atomic E-state index is 13.0. The van der Waals surface area contributed by atoms with Gasteiger partial charge in [-0.3, -0.25) is 0 Å². The quantitative estimate of drug-likeness (QED) is 0.848. The molecule has 1 aromatic carbocycles. The Balaban J connectivity index is 0.00000225. The first-order chi connectivity index (χ1) is 6.95. The van der Waals surface area contributed by atoms with Crippen molar-refractivity contribution < 1.29 is 12.8 Å². The van der Waals surface area contributed by atoms with Gasteiger partial charge >= 0.3 is 0 Å². The Kier molecular flexibility index (Phi) is 5.88. The molecule has 92 valence electrons. The van der Waals surface area contributed by atoms with Crippen LogP contribution in [0, 0.1) is 12.7 Å². The van der Waals surface area contributed by atoms with Gasteiger partial charge in [-0.1, -0.05) is 0 Å². The number of hydrogen-bond donors (Lipinski definition) is 2. The summed E-state index contributed by atoms with van der Waals surface area (Å²) in [6.07, 6.45) is 0. The lowest BCUT2D eigenvalue weighted by Gasteiger charge is -2.06. The predicted molar refractivity (Wildman–Crippen MR) is 62.6 cm³/mol. The van der Waals surface area contributed by atoms with E-state index in [1.165, 1.54) is 12.1 Å². The van der Waals surface area contributed by atoms with Crippen molar-refractivity contribution in [1.82, 2.24) is 4.72 Å². The molecule has 0 unspecified atom stereocenters. The standard InChI is InChI=1S/C9H13FN2O2S.ClH/c1-7-4-8(10)6-9(5-7)15(13,14)12-3-2-11;/h4-6,12H,2-3,11H2,1H3;1H. The summed E-state index contributed by atoms with van der Waals surface area (Å²) < 4.78 is 38.3. The second-order valence-corrected chi connectivity index (χ2v) is 4.92. The van der Waals surface area contributed by atoms with Crippen LogP contribution >= 0.6 is 12.4 Å². The van der Waals surface area contributed by atoms with E-state index in [1.807, 2.05) is 0 Å². The molecule has 0 aromatic heterocycles. The molecule has 1 rings (SSSR count). The van der Waals surface area contributed by atoms with E-state index in [1.54, 1.807) is 6.92 Å². The number of hydrogen-bond acceptors (Lipinski definition) is 3. The lowest BCUT2D eigenvalue weighted by atomic mass is 10.2. The monoisotopic (exact) mass is 268 g/mol. The van der Waals surface area contributed by atoms with Crippen LogP contribution in [0.15, 0.2) is 23.1 Å². The zero-order valence-electron chi connectivity index (χ0n) is 8.73. The summed E-state index contributed by atoms with van der Waals surface area (Å²) in [7, 11) is -3.64. The third kappa shape index (κ3) is 4.05. The van der Waals surface area contributed by atoms with Gasteiger partial charge in [0.1, 0.15) is 5.82 Å². The van der Waals surface area contributed by atoms with Crippen molar-refractivity contribution in [2.45, 2.75) is 11.8 Å². The van der Waals surface area contributed by atoms with Crippen molar-refractivity contribution in [1.29, 1.82) is 0 Å². The fourth-order valence-corrected chi connectivity index (χ4v) is 2.30. The highest BCUT2D eigenvalue weighted by Crippen LogP contribution is 2.13. The molecule has 4 nitrogen and oxygen atoms in total. The molecule has 0 saturated carbocycles. The average molecular weight is 269 g/mol. The topological polar surface area (TPSA) is 72.2 Å². The van der Waals surface area contributed by atoms with E-state index in [4.69, 9.17) is 5.73 Å². The van der Waals surface area contributed by atoms with Crippen molar-refractivity contribution in [3.05, 3.63) is 29.6 Å². The van der Waals surface area contributed by atoms with Gasteiger partial charge in [0.15, 0.2) is 0 Å². The zero-order valence-corrected chi connectivity index (χ0v) is 10.4. The molecule has 0 radical (unpaired) electrons. The van der Waals surface area contributed by atoms with E-state index in [0.29, 0.717) is 5.56 Å². The van der Waals surface area contributed by atoms with Crippen molar-refractivity contribution >= 4 is 22.4 Å². The first-order valence-corrected chi connectivity index (χ1v) is 5.91. The fourth-order valence-electron chi connectivity index (χ4n) is 1.13. The molecule has 3 N–H and O–H groups in total. The molecule has 0 bridgehead atoms. The van der Waals surface area contributed by atoms with E-state index >= 15 is 0 Å². The summed E-state index contributed by atoms with van der Waals surface area (Å²) in [6.45, 7) is 1.97. The summed E-state index contributed by atoms with van der Waals surface area (Å²) in [5, 5.41) is 0. The lowest BCUT2D eigenvalue weighted by Crippen LogP contribution is -2.29. The summed E-state index contributed by atoms with van der Waals surface area (Å²) in [5.74, 6) is -0.567. The van der Waals surface area contributed by atoms with Crippen LogP contribution in [-0.2, 0) is 10.0 Å². The average Bonchev–Trinajstić information content (AvgIpc) is 2.13. The Morgan fingerprint density at radius 2 is 2.00 bits per heavy atom. The number of sulfonamides is 1. The van der Waals surface area contributed by atoms with Crippen molar-refractivity contribution in [2.75, 3.05) is 13.1 Å². The number of halogens is 2. The number of rotatable bonds is 4. The highest BCUT2D eigenvalue weighted by Gasteiger charge is 2.14. The van der Waals surface area contributed by atoms with Gasteiger partial charge < -0.3 is 5.73 Å². The van der Waals surface area contributed by atoms with E-state index in [-0.39, 0.29) is 30.4 Å². The smallest absolute Gasteiger partial charge is 0.240 e. The molecule has 0 atom stereocenters. The van der Waals surface area contributed by atoms with Crippen LogP contribution in [0.5, 0.6) is 0 Å². The SMILES string of the molecule is Cc1cc(F)cc(S(=O)(=O)NCCN)c1.Cl. The maximum atomic E-state index is 13.0. The lowest BCUT2D eigenvalue weighted by molar-refractivity contribution is 0.578. The van der Waals surface area contributed by atoms with E-state index < -0.39 is 15.8 Å². The van der Waals surface area contributed by atoms with Crippen molar-refractivity contribution in [3.8, 4) is 0 Å². The van der Waals surface area contributed by atoms with Crippen LogP contribution in [0.2, 0.25) is 0 Å². The number of nitrogens with one attached hydrogen (secondary N) is 1. The molecule has 0 heterocycles. The highest BCUT2D eigenvalue weighted by molar-refractivity contribution is 7.89. The van der Waals surface area contributed by atoms with Crippen LogP contribution in [0.4, 0.5) is 4.39 Å². The number of benzene rings is 1. The first kappa shape index (κ1) is 15.3. The normalized spacial score (nSPS) is 10.9. The molecule has 7 heteroatoms. The minimum atomic E-state index is -3.64. The molecule has 0 amide bonds. The van der Waals surface area contributed by atoms with Crippen LogP contribution in [-0.4, -0.2) is 21.5 Å². The molecule has 1 aromatic rings. The Labute approximate surface area is 100 Å². The van der Waals surface area contributed by atoms with Gasteiger partial charge in [-0.15, -0.1) is 12.4 Å². The molecule has 0 aliphatic rings. The summed E-state index contributed by atoms with van der Waals surface area (Å²) in [5.41, 5.74) is 5.73. The van der Waals surface area contributed by atoms with Gasteiger partial charge in [-0.25, -0.2) is 17.5 Å². The minimum Gasteiger partial charge on any atom is -0.329 e. The summed E-state index contributed by atoms with van der Waals surface area (Å²) >= 11 is 0. The molecule has 0 aliphatic heterocycles. The minimum absolute atomic E-state index is 0. The molecule has 16 heavy (non-hydrogen) atoms. The Hall–Kier alpha value is -0.690. The predicted octanol–water partition coefficient (Wildman–Crippen LogP) is 0.793. The molecule has 0 fully saturated rings. The molecule has 0 aliphatic carbocycles. The third-order valence-electron chi connectivity index (χ3n) is 1.76. The Bertz CT molecular complexity index is 431. The largest absolute Gasteiger partial charge is 0.329 e. The van der Waals surface area contributed by atoms with Gasteiger partial charge in [-0.2, -0.15) is 0 Å². The fraction of sp³-hybridized carbons (Fsp3) is 0.333.